The molecule has 2 aliphatic heterocycles. The minimum Gasteiger partial charge on any atom is -0.299 e. The Morgan fingerprint density at radius 2 is 2.16 bits per heavy atom. The standard InChI is InChI=1S/C19H30N6/c1-15(2)25-18(14-24-7-4-6-20-24)9-17-13-23(8-5-19(17)25)12-16-10-21-22(3)11-16/h4,6-7,10-11,15,17-19H,5,8-9,12-14H2,1-3H3/t17-,18+,19+/m0/s1. The van der Waals surface area contributed by atoms with Gasteiger partial charge in [-0.2, -0.15) is 10.2 Å². The largest absolute Gasteiger partial charge is 0.299 e. The fraction of sp³-hybridized carbons (Fsp3) is 0.684. The summed E-state index contributed by atoms with van der Waals surface area (Å²) in [5.41, 5.74) is 1.33. The van der Waals surface area contributed by atoms with Gasteiger partial charge in [0.2, 0.25) is 0 Å². The number of aryl methyl sites for hydroxylation is 1. The maximum Gasteiger partial charge on any atom is 0.0565 e. The maximum atomic E-state index is 4.43. The van der Waals surface area contributed by atoms with E-state index in [1.54, 1.807) is 0 Å². The molecule has 6 heteroatoms. The zero-order chi connectivity index (χ0) is 17.4. The molecular weight excluding hydrogens is 312 g/mol. The van der Waals surface area contributed by atoms with Crippen LogP contribution in [-0.4, -0.2) is 60.6 Å². The second-order valence-electron chi connectivity index (χ2n) is 8.03. The van der Waals surface area contributed by atoms with Crippen molar-refractivity contribution in [1.82, 2.24) is 29.4 Å². The zero-order valence-electron chi connectivity index (χ0n) is 15.6. The highest BCUT2D eigenvalue weighted by atomic mass is 15.3. The fourth-order valence-corrected chi connectivity index (χ4v) is 5.01. The summed E-state index contributed by atoms with van der Waals surface area (Å²) in [4.78, 5) is 5.39. The SMILES string of the molecule is CC(C)N1[C@@H](Cn2cccn2)C[C@H]2CN(Cc3cnn(C)c3)CC[C@H]21. The molecular formula is C19H30N6. The molecule has 2 saturated heterocycles. The van der Waals surface area contributed by atoms with Gasteiger partial charge in [-0.05, 0) is 45.2 Å². The van der Waals surface area contributed by atoms with Gasteiger partial charge in [0.15, 0.2) is 0 Å². The molecule has 25 heavy (non-hydrogen) atoms. The first kappa shape index (κ1) is 16.8. The summed E-state index contributed by atoms with van der Waals surface area (Å²) in [5.74, 6) is 0.772. The second kappa shape index (κ2) is 6.92. The topological polar surface area (TPSA) is 42.1 Å². The van der Waals surface area contributed by atoms with E-state index in [0.29, 0.717) is 12.1 Å². The van der Waals surface area contributed by atoms with E-state index in [0.717, 1.165) is 25.0 Å². The number of piperidine rings is 1. The molecule has 2 aromatic heterocycles. The molecule has 136 valence electrons. The number of likely N-dealkylation sites (tertiary alicyclic amines) is 2. The van der Waals surface area contributed by atoms with Crippen LogP contribution in [-0.2, 0) is 20.1 Å². The molecule has 0 saturated carbocycles. The minimum absolute atomic E-state index is 0.598. The van der Waals surface area contributed by atoms with Gasteiger partial charge in [0.1, 0.15) is 0 Å². The first-order valence-electron chi connectivity index (χ1n) is 9.55. The summed E-state index contributed by atoms with van der Waals surface area (Å²) < 4.78 is 4.00. The molecule has 0 N–H and O–H groups in total. The Morgan fingerprint density at radius 3 is 2.84 bits per heavy atom. The second-order valence-corrected chi connectivity index (χ2v) is 8.03. The summed E-state index contributed by atoms with van der Waals surface area (Å²) in [6.45, 7) is 9.14. The van der Waals surface area contributed by atoms with E-state index >= 15 is 0 Å². The lowest BCUT2D eigenvalue weighted by Gasteiger charge is -2.40. The third-order valence-corrected chi connectivity index (χ3v) is 5.88. The molecule has 6 nitrogen and oxygen atoms in total. The third-order valence-electron chi connectivity index (χ3n) is 5.88. The average Bonchev–Trinajstić information content (AvgIpc) is 3.27. The predicted molar refractivity (Wildman–Crippen MR) is 98.0 cm³/mol. The van der Waals surface area contributed by atoms with Crippen LogP contribution in [0.15, 0.2) is 30.9 Å². The molecule has 2 aromatic rings. The van der Waals surface area contributed by atoms with E-state index < -0.39 is 0 Å². The van der Waals surface area contributed by atoms with Crippen LogP contribution in [0.25, 0.3) is 0 Å². The molecule has 4 heterocycles. The van der Waals surface area contributed by atoms with Crippen LogP contribution in [0.2, 0.25) is 0 Å². The van der Waals surface area contributed by atoms with Crippen LogP contribution in [0.5, 0.6) is 0 Å². The Bertz CT molecular complexity index is 676. The summed E-state index contributed by atoms with van der Waals surface area (Å²) >= 11 is 0. The number of hydrogen-bond acceptors (Lipinski definition) is 4. The van der Waals surface area contributed by atoms with E-state index in [9.17, 15) is 0 Å². The van der Waals surface area contributed by atoms with Crippen molar-refractivity contribution < 1.29 is 0 Å². The van der Waals surface area contributed by atoms with E-state index in [1.165, 1.54) is 31.5 Å². The number of nitrogens with zero attached hydrogens (tertiary/aromatic N) is 6. The molecule has 0 unspecified atom stereocenters. The van der Waals surface area contributed by atoms with Crippen LogP contribution in [0.1, 0.15) is 32.3 Å². The van der Waals surface area contributed by atoms with Gasteiger partial charge in [-0.25, -0.2) is 0 Å². The average molecular weight is 342 g/mol. The normalized spacial score (nSPS) is 27.9. The molecule has 0 aromatic carbocycles. The smallest absolute Gasteiger partial charge is 0.0565 e. The highest BCUT2D eigenvalue weighted by Crippen LogP contribution is 2.38. The van der Waals surface area contributed by atoms with Gasteiger partial charge < -0.3 is 0 Å². The van der Waals surface area contributed by atoms with Gasteiger partial charge in [-0.3, -0.25) is 19.2 Å². The first-order valence-corrected chi connectivity index (χ1v) is 9.55. The monoisotopic (exact) mass is 342 g/mol. The summed E-state index contributed by atoms with van der Waals surface area (Å²) in [6, 6.07) is 3.96. The van der Waals surface area contributed by atoms with Crippen molar-refractivity contribution in [2.75, 3.05) is 13.1 Å². The van der Waals surface area contributed by atoms with Crippen molar-refractivity contribution in [2.24, 2.45) is 13.0 Å². The number of hydrogen-bond donors (Lipinski definition) is 0. The zero-order valence-corrected chi connectivity index (χ0v) is 15.6. The molecule has 0 amide bonds. The van der Waals surface area contributed by atoms with Crippen LogP contribution in [0, 0.1) is 5.92 Å². The molecule has 0 spiro atoms. The Balaban J connectivity index is 1.43. The predicted octanol–water partition coefficient (Wildman–Crippen LogP) is 1.99. The van der Waals surface area contributed by atoms with Crippen molar-refractivity contribution in [3.05, 3.63) is 36.4 Å². The van der Waals surface area contributed by atoms with E-state index in [1.807, 2.05) is 30.2 Å². The number of fused-ring (bicyclic) bond motifs is 1. The van der Waals surface area contributed by atoms with Crippen molar-refractivity contribution in [1.29, 1.82) is 0 Å². The Kier molecular flexibility index (Phi) is 4.65. The van der Waals surface area contributed by atoms with Crippen molar-refractivity contribution in [3.8, 4) is 0 Å². The quantitative estimate of drug-likeness (QED) is 0.833. The van der Waals surface area contributed by atoms with Crippen LogP contribution >= 0.6 is 0 Å². The number of rotatable bonds is 5. The van der Waals surface area contributed by atoms with Gasteiger partial charge in [0.05, 0.1) is 12.7 Å². The third kappa shape index (κ3) is 3.51. The Morgan fingerprint density at radius 1 is 1.28 bits per heavy atom. The molecule has 2 fully saturated rings. The van der Waals surface area contributed by atoms with Gasteiger partial charge in [-0.15, -0.1) is 0 Å². The Hall–Kier alpha value is -1.66. The summed E-state index contributed by atoms with van der Waals surface area (Å²) in [5, 5.41) is 8.74. The first-order chi connectivity index (χ1) is 12.1. The lowest BCUT2D eigenvalue weighted by atomic mass is 9.91. The molecule has 0 aliphatic carbocycles. The van der Waals surface area contributed by atoms with Crippen molar-refractivity contribution in [2.45, 2.75) is 57.9 Å². The van der Waals surface area contributed by atoms with Crippen molar-refractivity contribution in [3.63, 3.8) is 0 Å². The van der Waals surface area contributed by atoms with E-state index in [4.69, 9.17) is 0 Å². The van der Waals surface area contributed by atoms with Gasteiger partial charge in [0.25, 0.3) is 0 Å². The number of aromatic nitrogens is 4. The summed E-state index contributed by atoms with van der Waals surface area (Å²) in [6.07, 6.45) is 10.7. The van der Waals surface area contributed by atoms with Crippen LogP contribution in [0.3, 0.4) is 0 Å². The summed E-state index contributed by atoms with van der Waals surface area (Å²) in [7, 11) is 1.99. The van der Waals surface area contributed by atoms with Gasteiger partial charge in [0, 0.05) is 62.4 Å². The van der Waals surface area contributed by atoms with Gasteiger partial charge >= 0.3 is 0 Å². The maximum absolute atomic E-state index is 4.43. The molecule has 4 rings (SSSR count). The van der Waals surface area contributed by atoms with Crippen LogP contribution in [0.4, 0.5) is 0 Å². The van der Waals surface area contributed by atoms with Gasteiger partial charge in [-0.1, -0.05) is 0 Å². The van der Waals surface area contributed by atoms with Crippen LogP contribution < -0.4 is 0 Å². The lowest BCUT2D eigenvalue weighted by Crippen LogP contribution is -2.49. The highest BCUT2D eigenvalue weighted by molar-refractivity contribution is 5.05. The molecule has 2 aliphatic rings. The Labute approximate surface area is 150 Å². The van der Waals surface area contributed by atoms with Crippen molar-refractivity contribution >= 4 is 0 Å². The van der Waals surface area contributed by atoms with E-state index in [-0.39, 0.29) is 0 Å². The fourth-order valence-electron chi connectivity index (χ4n) is 5.01. The van der Waals surface area contributed by atoms with E-state index in [2.05, 4.69) is 50.9 Å². The minimum atomic E-state index is 0.598. The highest BCUT2D eigenvalue weighted by Gasteiger charge is 2.44. The lowest BCUT2D eigenvalue weighted by molar-refractivity contribution is 0.0719. The molecule has 0 bridgehead atoms. The molecule has 3 atom stereocenters. The molecule has 0 radical (unpaired) electrons.